The SMILES string of the molecule is CC[Si](CC)(CC)O[C@@H](CCc1ccccc1)CC[C@@H]1[C@@H](C/C=C\CCCC23OCC(C)(CO2)CO3)[C@H](O[Si](CC)(CC)CC)C[C@H]1O[Si](CC)(CC)CC. The lowest BCUT2D eigenvalue weighted by Gasteiger charge is -2.50. The van der Waals surface area contributed by atoms with Gasteiger partial charge in [-0.3, -0.25) is 0 Å². The van der Waals surface area contributed by atoms with Crippen molar-refractivity contribution in [2.45, 2.75) is 206 Å². The first-order valence-electron chi connectivity index (χ1n) is 23.1. The number of unbranched alkanes of at least 4 members (excludes halogenated alkanes) is 1. The Morgan fingerprint density at radius 1 is 0.673 bits per heavy atom. The molecule has 3 aliphatic heterocycles. The fourth-order valence-electron chi connectivity index (χ4n) is 9.86. The van der Waals surface area contributed by atoms with Crippen molar-refractivity contribution in [3.63, 3.8) is 0 Å². The van der Waals surface area contributed by atoms with Crippen LogP contribution in [0.15, 0.2) is 42.5 Å². The second-order valence-corrected chi connectivity index (χ2v) is 32.1. The van der Waals surface area contributed by atoms with Crippen LogP contribution in [0.5, 0.6) is 0 Å². The summed E-state index contributed by atoms with van der Waals surface area (Å²) in [5.74, 6) is 0.0969. The highest BCUT2D eigenvalue weighted by atomic mass is 28.4. The number of hydrogen-bond donors (Lipinski definition) is 0. The highest BCUT2D eigenvalue weighted by Gasteiger charge is 2.51. The van der Waals surface area contributed by atoms with E-state index in [1.54, 1.807) is 0 Å². The molecule has 4 fully saturated rings. The van der Waals surface area contributed by atoms with E-state index in [1.165, 1.54) is 60.0 Å². The fraction of sp³-hybridized carbons (Fsp3) is 0.826. The largest absolute Gasteiger partial charge is 0.414 e. The van der Waals surface area contributed by atoms with E-state index in [0.29, 0.717) is 11.8 Å². The molecule has 3 heterocycles. The highest BCUT2D eigenvalue weighted by Crippen LogP contribution is 2.46. The van der Waals surface area contributed by atoms with Crippen LogP contribution in [0.3, 0.4) is 0 Å². The second kappa shape index (κ2) is 22.1. The van der Waals surface area contributed by atoms with Crippen molar-refractivity contribution in [1.82, 2.24) is 0 Å². The predicted molar refractivity (Wildman–Crippen MR) is 238 cm³/mol. The number of aryl methyl sites for hydroxylation is 1. The maximum Gasteiger partial charge on any atom is 0.282 e. The summed E-state index contributed by atoms with van der Waals surface area (Å²) >= 11 is 0. The monoisotopic (exact) mass is 817 g/mol. The van der Waals surface area contributed by atoms with Crippen LogP contribution >= 0.6 is 0 Å². The molecule has 1 aromatic rings. The van der Waals surface area contributed by atoms with Gasteiger partial charge in [0.15, 0.2) is 25.0 Å². The predicted octanol–water partition coefficient (Wildman–Crippen LogP) is 13.1. The Balaban J connectivity index is 1.58. The number of fused-ring (bicyclic) bond motifs is 3. The summed E-state index contributed by atoms with van der Waals surface area (Å²) in [5, 5.41) is 0. The quantitative estimate of drug-likeness (QED) is 0.0501. The third kappa shape index (κ3) is 12.4. The van der Waals surface area contributed by atoms with Gasteiger partial charge in [-0.2, -0.15) is 0 Å². The van der Waals surface area contributed by atoms with Crippen LogP contribution in [0.4, 0.5) is 0 Å². The summed E-state index contributed by atoms with van der Waals surface area (Å²) in [5.41, 5.74) is 1.42. The van der Waals surface area contributed by atoms with Crippen molar-refractivity contribution < 1.29 is 27.5 Å². The summed E-state index contributed by atoms with van der Waals surface area (Å²) in [6.45, 7) is 25.8. The van der Waals surface area contributed by atoms with Gasteiger partial charge in [0.25, 0.3) is 5.97 Å². The van der Waals surface area contributed by atoms with E-state index in [9.17, 15) is 0 Å². The third-order valence-corrected chi connectivity index (χ3v) is 28.8. The molecule has 9 heteroatoms. The minimum absolute atomic E-state index is 0.00206. The molecule has 0 unspecified atom stereocenters. The normalized spacial score (nSPS) is 28.0. The molecule has 0 spiro atoms. The number of hydrogen-bond acceptors (Lipinski definition) is 6. The molecule has 6 nitrogen and oxygen atoms in total. The zero-order valence-electron chi connectivity index (χ0n) is 37.2. The summed E-state index contributed by atoms with van der Waals surface area (Å²) in [4.78, 5) is 0. The second-order valence-electron chi connectivity index (χ2n) is 17.9. The van der Waals surface area contributed by atoms with E-state index >= 15 is 0 Å². The summed E-state index contributed by atoms with van der Waals surface area (Å²) in [7, 11) is -5.45. The highest BCUT2D eigenvalue weighted by molar-refractivity contribution is 6.74. The van der Waals surface area contributed by atoms with Crippen LogP contribution in [0.2, 0.25) is 54.4 Å². The van der Waals surface area contributed by atoms with Gasteiger partial charge >= 0.3 is 0 Å². The maximum atomic E-state index is 7.58. The van der Waals surface area contributed by atoms with E-state index in [1.807, 2.05) is 0 Å². The molecule has 5 rings (SSSR count). The van der Waals surface area contributed by atoms with Gasteiger partial charge in [-0.15, -0.1) is 0 Å². The first kappa shape index (κ1) is 47.1. The fourth-order valence-corrected chi connectivity index (χ4v) is 18.6. The molecule has 55 heavy (non-hydrogen) atoms. The molecule has 2 bridgehead atoms. The molecule has 0 radical (unpaired) electrons. The number of allylic oxidation sites excluding steroid dienone is 2. The third-order valence-electron chi connectivity index (χ3n) is 14.8. The first-order chi connectivity index (χ1) is 26.5. The van der Waals surface area contributed by atoms with Crippen LogP contribution < -0.4 is 0 Å². The topological polar surface area (TPSA) is 55.4 Å². The molecule has 1 aromatic carbocycles. The minimum Gasteiger partial charge on any atom is -0.414 e. The Kier molecular flexibility index (Phi) is 18.9. The molecular weight excluding hydrogens is 733 g/mol. The minimum atomic E-state index is -1.84. The Labute approximate surface area is 342 Å². The van der Waals surface area contributed by atoms with Gasteiger partial charge in [-0.1, -0.05) is 112 Å². The van der Waals surface area contributed by atoms with Crippen molar-refractivity contribution in [3.05, 3.63) is 48.0 Å². The van der Waals surface area contributed by atoms with Gasteiger partial charge in [-0.25, -0.2) is 0 Å². The van der Waals surface area contributed by atoms with Crippen molar-refractivity contribution in [2.75, 3.05) is 19.8 Å². The molecule has 4 aliphatic rings. The Morgan fingerprint density at radius 2 is 1.18 bits per heavy atom. The number of ether oxygens (including phenoxy) is 3. The Hall–Kier alpha value is -0.629. The lowest BCUT2D eigenvalue weighted by Crippen LogP contribution is -2.58. The van der Waals surface area contributed by atoms with E-state index < -0.39 is 30.9 Å². The molecule has 316 valence electrons. The zero-order chi connectivity index (χ0) is 40.0. The molecule has 0 N–H and O–H groups in total. The molecule has 0 aromatic heterocycles. The standard InChI is InChI=1S/C46H84O6Si3/c1-11-53(12-2,13-3)50-40(31-30-39-27-23-22-24-28-39)32-33-42-41(29-25-20-21-26-34-46-47-36-45(10,37-48-46)38-49-46)43(51-54(14-4,15-5)16-6)35-44(42)52-55(17-7,18-8)19-9/h20,22-25,27-28,40-44H,11-19,21,26,29-38H2,1-10H3/b25-20-/t40-,41+,42+,43+,44+,45?,46?/m0/s1. The maximum absolute atomic E-state index is 7.58. The number of rotatable bonds is 27. The van der Waals surface area contributed by atoms with Crippen LogP contribution in [0.1, 0.15) is 126 Å². The summed E-state index contributed by atoms with van der Waals surface area (Å²) in [6.07, 6.45) is 15.0. The van der Waals surface area contributed by atoms with Crippen LogP contribution in [-0.4, -0.2) is 69.1 Å². The molecule has 1 aliphatic carbocycles. The van der Waals surface area contributed by atoms with E-state index in [2.05, 4.69) is 112 Å². The Bertz CT molecular complexity index is 1200. The van der Waals surface area contributed by atoms with Gasteiger partial charge in [0.05, 0.1) is 32.0 Å². The first-order valence-corrected chi connectivity index (χ1v) is 30.7. The van der Waals surface area contributed by atoms with Gasteiger partial charge in [0.1, 0.15) is 0 Å². The number of benzene rings is 1. The van der Waals surface area contributed by atoms with Gasteiger partial charge in [0, 0.05) is 17.9 Å². The average Bonchev–Trinajstić information content (AvgIpc) is 3.55. The molecule has 1 saturated carbocycles. The van der Waals surface area contributed by atoms with Gasteiger partial charge in [-0.05, 0) is 123 Å². The van der Waals surface area contributed by atoms with Crippen LogP contribution in [0.25, 0.3) is 0 Å². The van der Waals surface area contributed by atoms with Gasteiger partial charge in [0.2, 0.25) is 0 Å². The van der Waals surface area contributed by atoms with Crippen molar-refractivity contribution in [1.29, 1.82) is 0 Å². The lowest BCUT2D eigenvalue weighted by atomic mass is 9.85. The van der Waals surface area contributed by atoms with Crippen molar-refractivity contribution in [3.8, 4) is 0 Å². The average molecular weight is 817 g/mol. The van der Waals surface area contributed by atoms with Crippen molar-refractivity contribution >= 4 is 25.0 Å². The van der Waals surface area contributed by atoms with Gasteiger partial charge < -0.3 is 27.5 Å². The van der Waals surface area contributed by atoms with Crippen molar-refractivity contribution in [2.24, 2.45) is 17.3 Å². The zero-order valence-corrected chi connectivity index (χ0v) is 40.2. The molecule has 0 amide bonds. The van der Waals surface area contributed by atoms with Crippen LogP contribution in [0, 0.1) is 17.3 Å². The van der Waals surface area contributed by atoms with E-state index in [0.717, 1.165) is 77.6 Å². The summed E-state index contributed by atoms with van der Waals surface area (Å²) in [6, 6.07) is 21.8. The molecular formula is C46H84O6Si3. The Morgan fingerprint density at radius 3 is 1.69 bits per heavy atom. The molecule has 3 saturated heterocycles. The van der Waals surface area contributed by atoms with E-state index in [-0.39, 0.29) is 23.7 Å². The smallest absolute Gasteiger partial charge is 0.282 e. The molecule has 5 atom stereocenters. The summed E-state index contributed by atoms with van der Waals surface area (Å²) < 4.78 is 40.8. The van der Waals surface area contributed by atoms with E-state index in [4.69, 9.17) is 27.5 Å². The van der Waals surface area contributed by atoms with Crippen LogP contribution in [-0.2, 0) is 33.9 Å². The lowest BCUT2D eigenvalue weighted by molar-refractivity contribution is -0.467.